The minimum atomic E-state index is 0.0742. The fourth-order valence-corrected chi connectivity index (χ4v) is 2.34. The van der Waals surface area contributed by atoms with Crippen LogP contribution in [-0.2, 0) is 4.79 Å². The molecule has 0 aliphatic carbocycles. The number of rotatable bonds is 4. The first-order chi connectivity index (χ1) is 9.76. The van der Waals surface area contributed by atoms with E-state index >= 15 is 0 Å². The fourth-order valence-electron chi connectivity index (χ4n) is 2.34. The molecule has 1 aliphatic rings. The molecule has 1 N–H and O–H groups in total. The monoisotopic (exact) mass is 272 g/mol. The van der Waals surface area contributed by atoms with Crippen LogP contribution in [0.15, 0.2) is 30.5 Å². The Morgan fingerprint density at radius 3 is 3.05 bits per heavy atom. The molecular formula is C15H16N2O3. The summed E-state index contributed by atoms with van der Waals surface area (Å²) in [4.78, 5) is 15.4. The molecule has 1 saturated heterocycles. The van der Waals surface area contributed by atoms with E-state index in [4.69, 9.17) is 9.47 Å². The summed E-state index contributed by atoms with van der Waals surface area (Å²) in [6.45, 7) is 0.440. The predicted molar refractivity (Wildman–Crippen MR) is 75.0 cm³/mol. The molecule has 0 unspecified atom stereocenters. The van der Waals surface area contributed by atoms with Crippen LogP contribution in [0.1, 0.15) is 12.8 Å². The van der Waals surface area contributed by atoms with E-state index in [-0.39, 0.29) is 11.9 Å². The lowest BCUT2D eigenvalue weighted by molar-refractivity contribution is -0.119. The maximum Gasteiger partial charge on any atom is 0.221 e. The van der Waals surface area contributed by atoms with Gasteiger partial charge in [-0.2, -0.15) is 0 Å². The van der Waals surface area contributed by atoms with Gasteiger partial charge in [-0.05, 0) is 30.0 Å². The number of benzene rings is 1. The average Bonchev–Trinajstić information content (AvgIpc) is 2.90. The number of hydrogen-bond donors (Lipinski definition) is 1. The van der Waals surface area contributed by atoms with Crippen molar-refractivity contribution in [3.63, 3.8) is 0 Å². The number of carbonyl (C=O) groups excluding carboxylic acids is 1. The third-order valence-electron chi connectivity index (χ3n) is 3.44. The van der Waals surface area contributed by atoms with E-state index in [0.717, 1.165) is 22.9 Å². The van der Waals surface area contributed by atoms with E-state index < -0.39 is 0 Å². The number of pyridine rings is 1. The van der Waals surface area contributed by atoms with Crippen molar-refractivity contribution in [3.8, 4) is 11.6 Å². The van der Waals surface area contributed by atoms with Crippen LogP contribution >= 0.6 is 0 Å². The molecule has 1 amide bonds. The van der Waals surface area contributed by atoms with Gasteiger partial charge in [0, 0.05) is 18.0 Å². The second kappa shape index (κ2) is 5.36. The van der Waals surface area contributed by atoms with Gasteiger partial charge in [0.2, 0.25) is 11.8 Å². The zero-order valence-corrected chi connectivity index (χ0v) is 11.3. The number of nitrogens with zero attached hydrogens (tertiary/aromatic N) is 1. The van der Waals surface area contributed by atoms with Crippen LogP contribution in [0, 0.1) is 0 Å². The smallest absolute Gasteiger partial charge is 0.221 e. The normalized spacial score (nSPS) is 18.1. The van der Waals surface area contributed by atoms with E-state index in [1.807, 2.05) is 24.3 Å². The molecule has 0 bridgehead atoms. The Labute approximate surface area is 116 Å². The fraction of sp³-hybridized carbons (Fsp3) is 0.333. The van der Waals surface area contributed by atoms with Crippen LogP contribution < -0.4 is 14.8 Å². The number of methoxy groups -OCH3 is 1. The molecule has 0 radical (unpaired) electrons. The molecule has 104 valence electrons. The molecule has 5 nitrogen and oxygen atoms in total. The summed E-state index contributed by atoms with van der Waals surface area (Å²) in [5.41, 5.74) is 0. The first-order valence-corrected chi connectivity index (χ1v) is 6.61. The van der Waals surface area contributed by atoms with Gasteiger partial charge in [-0.15, -0.1) is 0 Å². The number of amides is 1. The number of carbonyl (C=O) groups is 1. The highest BCUT2D eigenvalue weighted by Crippen LogP contribution is 2.27. The van der Waals surface area contributed by atoms with Gasteiger partial charge in [0.25, 0.3) is 0 Å². The third kappa shape index (κ3) is 2.52. The quantitative estimate of drug-likeness (QED) is 0.923. The van der Waals surface area contributed by atoms with Crippen LogP contribution in [-0.4, -0.2) is 30.6 Å². The number of nitrogens with one attached hydrogen (secondary N) is 1. The highest BCUT2D eigenvalue weighted by atomic mass is 16.5. The maximum absolute atomic E-state index is 11.2. The SMILES string of the molecule is COc1ccc2ccnc(OC[C@@H]3CCC(=O)N3)c2c1. The summed E-state index contributed by atoms with van der Waals surface area (Å²) in [6.07, 6.45) is 3.11. The van der Waals surface area contributed by atoms with Crippen molar-refractivity contribution in [2.24, 2.45) is 0 Å². The molecule has 0 saturated carbocycles. The molecule has 2 aromatic rings. The Kier molecular flexibility index (Phi) is 3.41. The van der Waals surface area contributed by atoms with Crippen LogP contribution in [0.2, 0.25) is 0 Å². The van der Waals surface area contributed by atoms with Crippen molar-refractivity contribution < 1.29 is 14.3 Å². The van der Waals surface area contributed by atoms with Gasteiger partial charge in [-0.3, -0.25) is 4.79 Å². The highest BCUT2D eigenvalue weighted by Gasteiger charge is 2.21. The molecule has 1 aliphatic heterocycles. The Morgan fingerprint density at radius 2 is 2.30 bits per heavy atom. The Morgan fingerprint density at radius 1 is 1.40 bits per heavy atom. The van der Waals surface area contributed by atoms with Crippen LogP contribution in [0.3, 0.4) is 0 Å². The van der Waals surface area contributed by atoms with E-state index in [1.165, 1.54) is 0 Å². The van der Waals surface area contributed by atoms with Crippen LogP contribution in [0.25, 0.3) is 10.8 Å². The van der Waals surface area contributed by atoms with Crippen molar-refractivity contribution in [2.75, 3.05) is 13.7 Å². The van der Waals surface area contributed by atoms with Crippen molar-refractivity contribution >= 4 is 16.7 Å². The van der Waals surface area contributed by atoms with E-state index in [1.54, 1.807) is 13.3 Å². The molecule has 3 rings (SSSR count). The molecule has 1 atom stereocenters. The maximum atomic E-state index is 11.2. The Bertz CT molecular complexity index is 642. The van der Waals surface area contributed by atoms with Gasteiger partial charge >= 0.3 is 0 Å². The van der Waals surface area contributed by atoms with Crippen molar-refractivity contribution in [1.82, 2.24) is 10.3 Å². The lowest BCUT2D eigenvalue weighted by Crippen LogP contribution is -2.31. The minimum Gasteiger partial charge on any atom is -0.497 e. The van der Waals surface area contributed by atoms with Gasteiger partial charge in [0.05, 0.1) is 13.2 Å². The molecule has 2 heterocycles. The molecule has 0 spiro atoms. The molecular weight excluding hydrogens is 256 g/mol. The minimum absolute atomic E-state index is 0.0742. The van der Waals surface area contributed by atoms with Gasteiger partial charge in [0.15, 0.2) is 0 Å². The van der Waals surface area contributed by atoms with Crippen molar-refractivity contribution in [3.05, 3.63) is 30.5 Å². The predicted octanol–water partition coefficient (Wildman–Crippen LogP) is 1.90. The highest BCUT2D eigenvalue weighted by molar-refractivity contribution is 5.88. The lowest BCUT2D eigenvalue weighted by atomic mass is 10.1. The first kappa shape index (κ1) is 12.7. The summed E-state index contributed by atoms with van der Waals surface area (Å²) < 4.78 is 11.0. The Balaban J connectivity index is 1.81. The van der Waals surface area contributed by atoms with Gasteiger partial charge in [-0.25, -0.2) is 4.98 Å². The summed E-state index contributed by atoms with van der Waals surface area (Å²) in [6, 6.07) is 7.79. The zero-order valence-electron chi connectivity index (χ0n) is 11.3. The van der Waals surface area contributed by atoms with E-state index in [2.05, 4.69) is 10.3 Å². The number of aromatic nitrogens is 1. The average molecular weight is 272 g/mol. The zero-order chi connectivity index (χ0) is 13.9. The van der Waals surface area contributed by atoms with Crippen molar-refractivity contribution in [1.29, 1.82) is 0 Å². The molecule has 1 fully saturated rings. The van der Waals surface area contributed by atoms with Crippen molar-refractivity contribution in [2.45, 2.75) is 18.9 Å². The molecule has 1 aromatic heterocycles. The van der Waals surface area contributed by atoms with Crippen LogP contribution in [0.4, 0.5) is 0 Å². The molecule has 1 aromatic carbocycles. The second-order valence-electron chi connectivity index (χ2n) is 4.82. The van der Waals surface area contributed by atoms with E-state index in [9.17, 15) is 4.79 Å². The number of ether oxygens (including phenoxy) is 2. The Hall–Kier alpha value is -2.30. The summed E-state index contributed by atoms with van der Waals surface area (Å²) in [7, 11) is 1.63. The largest absolute Gasteiger partial charge is 0.497 e. The summed E-state index contributed by atoms with van der Waals surface area (Å²) in [5, 5.41) is 4.84. The first-order valence-electron chi connectivity index (χ1n) is 6.61. The summed E-state index contributed by atoms with van der Waals surface area (Å²) in [5.74, 6) is 1.43. The molecule has 5 heteroatoms. The van der Waals surface area contributed by atoms with Gasteiger partial charge in [-0.1, -0.05) is 6.07 Å². The topological polar surface area (TPSA) is 60.5 Å². The standard InChI is InChI=1S/C15H16N2O3/c1-19-12-4-2-10-6-7-16-15(13(10)8-12)20-9-11-3-5-14(18)17-11/h2,4,6-8,11H,3,5,9H2,1H3,(H,17,18)/t11-/m0/s1. The third-order valence-corrected chi connectivity index (χ3v) is 3.44. The summed E-state index contributed by atoms with van der Waals surface area (Å²) >= 11 is 0. The van der Waals surface area contributed by atoms with Crippen LogP contribution in [0.5, 0.6) is 11.6 Å². The molecule has 20 heavy (non-hydrogen) atoms. The second-order valence-corrected chi connectivity index (χ2v) is 4.82. The van der Waals surface area contributed by atoms with Gasteiger partial charge < -0.3 is 14.8 Å². The number of fused-ring (bicyclic) bond motifs is 1. The number of hydrogen-bond acceptors (Lipinski definition) is 4. The van der Waals surface area contributed by atoms with Gasteiger partial charge in [0.1, 0.15) is 12.4 Å². The lowest BCUT2D eigenvalue weighted by Gasteiger charge is -2.13. The van der Waals surface area contributed by atoms with E-state index in [0.29, 0.717) is 18.9 Å².